The van der Waals surface area contributed by atoms with E-state index in [1.807, 2.05) is 0 Å². The predicted molar refractivity (Wildman–Crippen MR) is 80.8 cm³/mol. The van der Waals surface area contributed by atoms with Gasteiger partial charge in [0.25, 0.3) is 5.69 Å². The Morgan fingerprint density at radius 1 is 1.33 bits per heavy atom. The van der Waals surface area contributed by atoms with Crippen molar-refractivity contribution in [1.82, 2.24) is 0 Å². The molecule has 0 radical (unpaired) electrons. The highest BCUT2D eigenvalue weighted by atomic mass is 35.5. The van der Waals surface area contributed by atoms with Gasteiger partial charge in [-0.05, 0) is 19.4 Å². The lowest BCUT2D eigenvalue weighted by molar-refractivity contribution is -0.384. The molecule has 4 nitrogen and oxygen atoms in total. The van der Waals surface area contributed by atoms with Crippen molar-refractivity contribution in [3.8, 4) is 11.1 Å². The van der Waals surface area contributed by atoms with Gasteiger partial charge in [0.05, 0.1) is 15.5 Å². The third-order valence-corrected chi connectivity index (χ3v) is 3.77. The van der Waals surface area contributed by atoms with Crippen LogP contribution in [-0.4, -0.2) is 4.92 Å². The number of hydrogen-bond donors (Lipinski definition) is 1. The van der Waals surface area contributed by atoms with Gasteiger partial charge in [-0.1, -0.05) is 41.9 Å². The molecule has 0 spiro atoms. The van der Waals surface area contributed by atoms with E-state index >= 15 is 0 Å². The van der Waals surface area contributed by atoms with Gasteiger partial charge in [0.1, 0.15) is 5.82 Å². The van der Waals surface area contributed by atoms with Crippen LogP contribution in [-0.2, 0) is 0 Å². The summed E-state index contributed by atoms with van der Waals surface area (Å²) in [6, 6.07) is 7.87. The lowest BCUT2D eigenvalue weighted by Crippen LogP contribution is -2.12. The van der Waals surface area contributed by atoms with E-state index in [9.17, 15) is 14.5 Å². The highest BCUT2D eigenvalue weighted by Gasteiger charge is 2.30. The number of benzene rings is 2. The first-order chi connectivity index (χ1) is 9.86. The largest absolute Gasteiger partial charge is 0.324 e. The minimum atomic E-state index is -0.725. The topological polar surface area (TPSA) is 69.2 Å². The maximum atomic E-state index is 14.5. The van der Waals surface area contributed by atoms with E-state index < -0.39 is 16.8 Å². The number of halogens is 2. The molecule has 2 N–H and O–H groups in total. The summed E-state index contributed by atoms with van der Waals surface area (Å²) in [5.74, 6) is -0.700. The van der Waals surface area contributed by atoms with Crippen LogP contribution in [0.3, 0.4) is 0 Å². The molecule has 2 aromatic carbocycles. The molecule has 0 saturated heterocycles. The van der Waals surface area contributed by atoms with Gasteiger partial charge in [0.2, 0.25) is 0 Å². The molecule has 0 amide bonds. The summed E-state index contributed by atoms with van der Waals surface area (Å²) in [6.45, 7) is 3.00. The molecule has 110 valence electrons. The molecule has 2 rings (SSSR count). The molecule has 0 saturated carbocycles. The van der Waals surface area contributed by atoms with E-state index in [1.54, 1.807) is 37.3 Å². The van der Waals surface area contributed by atoms with Crippen molar-refractivity contribution in [2.24, 2.45) is 5.73 Å². The van der Waals surface area contributed by atoms with E-state index in [0.29, 0.717) is 5.56 Å². The van der Waals surface area contributed by atoms with Crippen LogP contribution in [0.25, 0.3) is 11.1 Å². The molecule has 0 aliphatic carbocycles. The molecular formula is C15H14ClFN2O2. The molecule has 1 unspecified atom stereocenters. The summed E-state index contributed by atoms with van der Waals surface area (Å²) in [5.41, 5.74) is 6.50. The second-order valence-electron chi connectivity index (χ2n) is 4.80. The quantitative estimate of drug-likeness (QED) is 0.675. The molecule has 2 aromatic rings. The highest BCUT2D eigenvalue weighted by Crippen LogP contribution is 2.43. The molecule has 0 aliphatic heterocycles. The van der Waals surface area contributed by atoms with E-state index in [2.05, 4.69) is 0 Å². The van der Waals surface area contributed by atoms with E-state index in [4.69, 9.17) is 17.3 Å². The van der Waals surface area contributed by atoms with Crippen LogP contribution in [0, 0.1) is 22.9 Å². The second-order valence-corrected chi connectivity index (χ2v) is 5.18. The first kappa shape index (κ1) is 15.4. The average Bonchev–Trinajstić information content (AvgIpc) is 2.44. The first-order valence-corrected chi connectivity index (χ1v) is 6.70. The monoisotopic (exact) mass is 308 g/mol. The Bertz CT molecular complexity index is 703. The number of nitrogens with two attached hydrogens (primary N) is 1. The maximum absolute atomic E-state index is 14.5. The van der Waals surface area contributed by atoms with Crippen molar-refractivity contribution in [2.45, 2.75) is 19.9 Å². The third-order valence-electron chi connectivity index (χ3n) is 3.32. The van der Waals surface area contributed by atoms with Crippen LogP contribution in [0.5, 0.6) is 0 Å². The summed E-state index contributed by atoms with van der Waals surface area (Å²) in [5, 5.41) is 11.2. The minimum absolute atomic E-state index is 0.0588. The summed E-state index contributed by atoms with van der Waals surface area (Å²) in [7, 11) is 0. The van der Waals surface area contributed by atoms with Crippen LogP contribution in [0.15, 0.2) is 30.3 Å². The SMILES string of the molecule is Cc1c(Cl)c(F)c(C(C)N)c(-c2ccccc2)c1[N+](=O)[O-]. The Morgan fingerprint density at radius 2 is 1.90 bits per heavy atom. The predicted octanol–water partition coefficient (Wildman–Crippen LogP) is 4.38. The Labute approximate surface area is 126 Å². The van der Waals surface area contributed by atoms with Gasteiger partial charge in [0.15, 0.2) is 0 Å². The molecule has 0 aromatic heterocycles. The summed E-state index contributed by atoms with van der Waals surface area (Å²) >= 11 is 5.90. The van der Waals surface area contributed by atoms with Gasteiger partial charge in [0, 0.05) is 17.2 Å². The number of nitro benzene ring substituents is 1. The fourth-order valence-electron chi connectivity index (χ4n) is 2.36. The van der Waals surface area contributed by atoms with Gasteiger partial charge in [-0.15, -0.1) is 0 Å². The molecule has 6 heteroatoms. The van der Waals surface area contributed by atoms with Gasteiger partial charge in [-0.2, -0.15) is 0 Å². The lowest BCUT2D eigenvalue weighted by atomic mass is 9.91. The Hall–Kier alpha value is -1.98. The Balaban J connectivity index is 2.98. The molecule has 21 heavy (non-hydrogen) atoms. The van der Waals surface area contributed by atoms with Crippen molar-refractivity contribution in [3.63, 3.8) is 0 Å². The van der Waals surface area contributed by atoms with Gasteiger partial charge in [-0.3, -0.25) is 10.1 Å². The van der Waals surface area contributed by atoms with E-state index in [-0.39, 0.29) is 27.4 Å². The molecule has 0 fully saturated rings. The van der Waals surface area contributed by atoms with E-state index in [0.717, 1.165) is 0 Å². The summed E-state index contributed by atoms with van der Waals surface area (Å²) in [4.78, 5) is 10.9. The van der Waals surface area contributed by atoms with Gasteiger partial charge >= 0.3 is 0 Å². The zero-order chi connectivity index (χ0) is 15.7. The van der Waals surface area contributed by atoms with Crippen molar-refractivity contribution >= 4 is 17.3 Å². The highest BCUT2D eigenvalue weighted by molar-refractivity contribution is 6.32. The van der Waals surface area contributed by atoms with Crippen molar-refractivity contribution < 1.29 is 9.31 Å². The van der Waals surface area contributed by atoms with Gasteiger partial charge < -0.3 is 5.73 Å². The van der Waals surface area contributed by atoms with Gasteiger partial charge in [-0.25, -0.2) is 4.39 Å². The minimum Gasteiger partial charge on any atom is -0.324 e. The second kappa shape index (κ2) is 5.79. The maximum Gasteiger partial charge on any atom is 0.282 e. The van der Waals surface area contributed by atoms with Crippen molar-refractivity contribution in [3.05, 3.63) is 62.4 Å². The molecule has 0 aliphatic rings. The molecule has 0 heterocycles. The smallest absolute Gasteiger partial charge is 0.282 e. The number of nitrogens with zero attached hydrogens (tertiary/aromatic N) is 1. The molecular weight excluding hydrogens is 295 g/mol. The standard InChI is InChI=1S/C15H14ClFN2O2/c1-8-13(16)14(17)11(9(2)18)12(15(8)19(20)21)10-6-4-3-5-7-10/h3-7,9H,18H2,1-2H3. The number of hydrogen-bond acceptors (Lipinski definition) is 3. The van der Waals surface area contributed by atoms with Crippen LogP contribution in [0.2, 0.25) is 5.02 Å². The fourth-order valence-corrected chi connectivity index (χ4v) is 2.56. The van der Waals surface area contributed by atoms with Crippen LogP contribution >= 0.6 is 11.6 Å². The van der Waals surface area contributed by atoms with Crippen molar-refractivity contribution in [2.75, 3.05) is 0 Å². The average molecular weight is 309 g/mol. The van der Waals surface area contributed by atoms with Crippen LogP contribution in [0.4, 0.5) is 10.1 Å². The lowest BCUT2D eigenvalue weighted by Gasteiger charge is -2.17. The van der Waals surface area contributed by atoms with Crippen molar-refractivity contribution in [1.29, 1.82) is 0 Å². The number of rotatable bonds is 3. The fraction of sp³-hybridized carbons (Fsp3) is 0.200. The summed E-state index contributed by atoms with van der Waals surface area (Å²) in [6.07, 6.45) is 0. The number of nitro groups is 1. The Morgan fingerprint density at radius 3 is 2.38 bits per heavy atom. The Kier molecular flexibility index (Phi) is 4.25. The van der Waals surface area contributed by atoms with Crippen LogP contribution < -0.4 is 5.73 Å². The first-order valence-electron chi connectivity index (χ1n) is 6.33. The van der Waals surface area contributed by atoms with Crippen LogP contribution in [0.1, 0.15) is 24.1 Å². The van der Waals surface area contributed by atoms with E-state index in [1.165, 1.54) is 6.92 Å². The normalized spacial score (nSPS) is 12.2. The zero-order valence-corrected chi connectivity index (χ0v) is 12.3. The molecule has 1 atom stereocenters. The third kappa shape index (κ3) is 2.62. The summed E-state index contributed by atoms with van der Waals surface area (Å²) < 4.78 is 14.5. The molecule has 0 bridgehead atoms. The zero-order valence-electron chi connectivity index (χ0n) is 11.6.